The lowest BCUT2D eigenvalue weighted by molar-refractivity contribution is -0.0671. The third kappa shape index (κ3) is 4.76. The first-order valence-electron chi connectivity index (χ1n) is 11.2. The summed E-state index contributed by atoms with van der Waals surface area (Å²) in [4.78, 5) is 21.3. The average molecular weight is 434 g/mol. The molecule has 0 saturated carbocycles. The summed E-state index contributed by atoms with van der Waals surface area (Å²) in [6, 6.07) is 13.9. The molecule has 2 aromatic rings. The highest BCUT2D eigenvalue weighted by atomic mass is 16.6. The molecule has 2 aromatic carbocycles. The number of hydrogen-bond acceptors (Lipinski definition) is 5. The Balaban J connectivity index is 1.65. The largest absolute Gasteiger partial charge is 0.366 e. The van der Waals surface area contributed by atoms with Gasteiger partial charge in [0.1, 0.15) is 5.84 Å². The fourth-order valence-electron chi connectivity index (χ4n) is 4.15. The number of nitrogens with zero attached hydrogens (tertiary/aromatic N) is 3. The van der Waals surface area contributed by atoms with Gasteiger partial charge in [0.05, 0.1) is 5.69 Å². The van der Waals surface area contributed by atoms with Crippen molar-refractivity contribution in [3.8, 4) is 11.1 Å². The first-order chi connectivity index (χ1) is 15.5. The van der Waals surface area contributed by atoms with E-state index in [4.69, 9.17) is 9.73 Å². The van der Waals surface area contributed by atoms with Gasteiger partial charge in [-0.05, 0) is 66.8 Å². The molecule has 2 heterocycles. The van der Waals surface area contributed by atoms with E-state index >= 15 is 0 Å². The number of amidine groups is 1. The minimum Gasteiger partial charge on any atom is -0.366 e. The number of aliphatic hydroxyl groups is 1. The predicted molar refractivity (Wildman–Crippen MR) is 128 cm³/mol. The van der Waals surface area contributed by atoms with Gasteiger partial charge in [0.15, 0.2) is 6.29 Å². The second kappa shape index (κ2) is 9.67. The Morgan fingerprint density at radius 3 is 2.47 bits per heavy atom. The Hall–Kier alpha value is -2.96. The van der Waals surface area contributed by atoms with E-state index in [0.29, 0.717) is 13.0 Å². The Labute approximate surface area is 189 Å². The van der Waals surface area contributed by atoms with Crippen LogP contribution in [0.1, 0.15) is 42.1 Å². The Kier molecular flexibility index (Phi) is 6.72. The number of carbonyl (C=O) groups excluding carboxylic acids is 1. The van der Waals surface area contributed by atoms with E-state index in [9.17, 15) is 9.90 Å². The van der Waals surface area contributed by atoms with Crippen molar-refractivity contribution in [3.05, 3.63) is 59.2 Å². The van der Waals surface area contributed by atoms with Gasteiger partial charge in [-0.2, -0.15) is 0 Å². The van der Waals surface area contributed by atoms with Gasteiger partial charge in [-0.25, -0.2) is 4.99 Å². The molecular formula is C26H31N3O3. The molecule has 1 atom stereocenters. The Morgan fingerprint density at radius 2 is 1.81 bits per heavy atom. The number of ether oxygens (including phenoxy) is 1. The molecule has 0 bridgehead atoms. The van der Waals surface area contributed by atoms with Crippen LogP contribution in [0, 0.1) is 0 Å². The third-order valence-corrected chi connectivity index (χ3v) is 6.00. The van der Waals surface area contributed by atoms with Crippen LogP contribution in [0.15, 0.2) is 53.0 Å². The Bertz CT molecular complexity index is 1030. The molecule has 2 aliphatic heterocycles. The number of benzene rings is 2. The van der Waals surface area contributed by atoms with Gasteiger partial charge in [-0.1, -0.05) is 18.2 Å². The van der Waals surface area contributed by atoms with Gasteiger partial charge < -0.3 is 19.6 Å². The lowest BCUT2D eigenvalue weighted by Gasteiger charge is -2.19. The summed E-state index contributed by atoms with van der Waals surface area (Å²) in [5, 5.41) is 10.5. The molecule has 1 N–H and O–H groups in total. The zero-order valence-corrected chi connectivity index (χ0v) is 19.0. The van der Waals surface area contributed by atoms with Crippen molar-refractivity contribution >= 4 is 23.5 Å². The summed E-state index contributed by atoms with van der Waals surface area (Å²) >= 11 is 0. The van der Waals surface area contributed by atoms with E-state index in [1.807, 2.05) is 73.3 Å². The lowest BCUT2D eigenvalue weighted by atomic mass is 9.99. The molecule has 168 valence electrons. The van der Waals surface area contributed by atoms with Crippen molar-refractivity contribution < 1.29 is 14.6 Å². The summed E-state index contributed by atoms with van der Waals surface area (Å²) in [5.74, 6) is 0.977. The molecule has 1 unspecified atom stereocenters. The second-order valence-electron chi connectivity index (χ2n) is 8.48. The molecule has 0 radical (unpaired) electrons. The van der Waals surface area contributed by atoms with Crippen LogP contribution in [-0.4, -0.2) is 66.7 Å². The highest BCUT2D eigenvalue weighted by molar-refractivity contribution is 5.95. The van der Waals surface area contributed by atoms with Crippen molar-refractivity contribution in [3.63, 3.8) is 0 Å². The van der Waals surface area contributed by atoms with Crippen LogP contribution in [-0.2, 0) is 4.74 Å². The van der Waals surface area contributed by atoms with Crippen molar-refractivity contribution in [2.75, 3.05) is 33.8 Å². The molecular weight excluding hydrogens is 402 g/mol. The summed E-state index contributed by atoms with van der Waals surface area (Å²) in [6.07, 6.45) is 3.71. The second-order valence-corrected chi connectivity index (χ2v) is 8.48. The van der Waals surface area contributed by atoms with Crippen LogP contribution < -0.4 is 0 Å². The van der Waals surface area contributed by atoms with Gasteiger partial charge in [0.2, 0.25) is 0 Å². The van der Waals surface area contributed by atoms with Crippen LogP contribution in [0.5, 0.6) is 0 Å². The highest BCUT2D eigenvalue weighted by Gasteiger charge is 2.21. The summed E-state index contributed by atoms with van der Waals surface area (Å²) in [6.45, 7) is 4.00. The van der Waals surface area contributed by atoms with Crippen LogP contribution in [0.3, 0.4) is 0 Å². The standard InChI is InChI=1S/C26H31N3O3/c1-4-32-26(31)22-16-21-15-20(11-12-23(21)27-24(17-22)28(2)3)18-7-9-19(10-8-18)25(30)29-13-5-6-14-29/h7-12,15-16,26,31H,4-6,13-14,17H2,1-3H3. The molecule has 1 fully saturated rings. The molecule has 1 saturated heterocycles. The number of amides is 1. The minimum atomic E-state index is -0.962. The van der Waals surface area contributed by atoms with E-state index in [2.05, 4.69) is 6.07 Å². The van der Waals surface area contributed by atoms with Crippen LogP contribution in [0.2, 0.25) is 0 Å². The maximum absolute atomic E-state index is 12.6. The molecule has 4 rings (SSSR count). The number of carbonyl (C=O) groups is 1. The van der Waals surface area contributed by atoms with Crippen molar-refractivity contribution in [1.29, 1.82) is 0 Å². The van der Waals surface area contributed by atoms with Gasteiger partial charge >= 0.3 is 0 Å². The molecule has 0 spiro atoms. The summed E-state index contributed by atoms with van der Waals surface area (Å²) in [5.41, 5.74) is 5.37. The first kappa shape index (κ1) is 22.2. The fourth-order valence-corrected chi connectivity index (χ4v) is 4.15. The summed E-state index contributed by atoms with van der Waals surface area (Å²) < 4.78 is 5.45. The first-order valence-corrected chi connectivity index (χ1v) is 11.2. The van der Waals surface area contributed by atoms with E-state index in [0.717, 1.165) is 65.3 Å². The SMILES string of the molecule is CCOC(O)C1=Cc2cc(-c3ccc(C(=O)N4CCCC4)cc3)ccc2N=C(N(C)C)C1. The molecule has 6 nitrogen and oxygen atoms in total. The lowest BCUT2D eigenvalue weighted by Crippen LogP contribution is -2.27. The number of hydrogen-bond donors (Lipinski definition) is 1. The van der Waals surface area contributed by atoms with E-state index in [1.54, 1.807) is 0 Å². The minimum absolute atomic E-state index is 0.110. The monoisotopic (exact) mass is 433 g/mol. The summed E-state index contributed by atoms with van der Waals surface area (Å²) in [7, 11) is 3.90. The van der Waals surface area contributed by atoms with Gasteiger partial charge in [-0.3, -0.25) is 4.79 Å². The molecule has 32 heavy (non-hydrogen) atoms. The smallest absolute Gasteiger partial charge is 0.253 e. The number of aliphatic imine (C=N–C) groups is 1. The van der Waals surface area contributed by atoms with Crippen LogP contribution in [0.25, 0.3) is 17.2 Å². The van der Waals surface area contributed by atoms with Gasteiger partial charge in [0.25, 0.3) is 5.91 Å². The fraction of sp³-hybridized carbons (Fsp3) is 0.385. The molecule has 1 amide bonds. The predicted octanol–water partition coefficient (Wildman–Crippen LogP) is 4.32. The molecule has 0 aliphatic carbocycles. The van der Waals surface area contributed by atoms with Crippen molar-refractivity contribution in [2.24, 2.45) is 4.99 Å². The topological polar surface area (TPSA) is 65.4 Å². The third-order valence-electron chi connectivity index (χ3n) is 6.00. The number of fused-ring (bicyclic) bond motifs is 1. The van der Waals surface area contributed by atoms with E-state index in [-0.39, 0.29) is 5.91 Å². The number of likely N-dealkylation sites (tertiary alicyclic amines) is 1. The molecule has 6 heteroatoms. The van der Waals surface area contributed by atoms with Gasteiger partial charge in [0, 0.05) is 51.3 Å². The molecule has 2 aliphatic rings. The van der Waals surface area contributed by atoms with Crippen molar-refractivity contribution in [1.82, 2.24) is 9.80 Å². The maximum atomic E-state index is 12.6. The highest BCUT2D eigenvalue weighted by Crippen LogP contribution is 2.33. The average Bonchev–Trinajstić information content (AvgIpc) is 3.26. The number of aliphatic hydroxyl groups excluding tert-OH is 1. The maximum Gasteiger partial charge on any atom is 0.253 e. The quantitative estimate of drug-likeness (QED) is 0.713. The zero-order chi connectivity index (χ0) is 22.7. The Morgan fingerprint density at radius 1 is 1.12 bits per heavy atom. The van der Waals surface area contributed by atoms with Crippen molar-refractivity contribution in [2.45, 2.75) is 32.5 Å². The van der Waals surface area contributed by atoms with Crippen LogP contribution in [0.4, 0.5) is 5.69 Å². The van der Waals surface area contributed by atoms with Gasteiger partial charge in [-0.15, -0.1) is 0 Å². The van der Waals surface area contributed by atoms with E-state index < -0.39 is 6.29 Å². The zero-order valence-electron chi connectivity index (χ0n) is 19.0. The van der Waals surface area contributed by atoms with Crippen LogP contribution >= 0.6 is 0 Å². The molecule has 0 aromatic heterocycles. The number of rotatable bonds is 5. The van der Waals surface area contributed by atoms with E-state index in [1.165, 1.54) is 0 Å². The normalized spacial score (nSPS) is 16.7.